The van der Waals surface area contributed by atoms with Crippen LogP contribution in [-0.2, 0) is 6.54 Å². The highest BCUT2D eigenvalue weighted by molar-refractivity contribution is 7.22. The Morgan fingerprint density at radius 1 is 1.21 bits per heavy atom. The molecule has 0 aliphatic heterocycles. The highest BCUT2D eigenvalue weighted by Crippen LogP contribution is 2.35. The van der Waals surface area contributed by atoms with E-state index in [1.807, 2.05) is 44.2 Å². The Morgan fingerprint density at radius 3 is 2.71 bits per heavy atom. The number of carbonyl (C=O) groups excluding carboxylic acids is 1. The number of hydrogen-bond acceptors (Lipinski definition) is 5. The maximum atomic E-state index is 13.4. The zero-order chi connectivity index (χ0) is 19.8. The number of aromatic nitrogens is 2. The first-order valence-electron chi connectivity index (χ1n) is 8.78. The first-order chi connectivity index (χ1) is 13.4. The molecule has 0 aliphatic rings. The molecule has 3 heterocycles. The standard InChI is InChI=1S/C21H18ClN3O2S/c1-12-10-16(14(3)27-12)20(26)25(11-15-6-4-5-9-23-15)21-24-19-13(2)17(22)7-8-18(19)28-21/h4-10H,11H2,1-3H3. The van der Waals surface area contributed by atoms with Crippen molar-refractivity contribution in [3.63, 3.8) is 0 Å². The van der Waals surface area contributed by atoms with Crippen LogP contribution in [-0.4, -0.2) is 15.9 Å². The summed E-state index contributed by atoms with van der Waals surface area (Å²) in [6, 6.07) is 11.2. The van der Waals surface area contributed by atoms with E-state index in [1.54, 1.807) is 24.1 Å². The van der Waals surface area contributed by atoms with Gasteiger partial charge in [0.25, 0.3) is 5.91 Å². The lowest BCUT2D eigenvalue weighted by molar-refractivity contribution is 0.0983. The van der Waals surface area contributed by atoms with E-state index in [0.29, 0.717) is 33.8 Å². The minimum absolute atomic E-state index is 0.164. The number of rotatable bonds is 4. The summed E-state index contributed by atoms with van der Waals surface area (Å²) in [4.78, 5) is 24.1. The van der Waals surface area contributed by atoms with E-state index in [-0.39, 0.29) is 5.91 Å². The first kappa shape index (κ1) is 18.7. The Balaban J connectivity index is 1.82. The molecule has 28 heavy (non-hydrogen) atoms. The fraction of sp³-hybridized carbons (Fsp3) is 0.190. The summed E-state index contributed by atoms with van der Waals surface area (Å²) in [7, 11) is 0. The van der Waals surface area contributed by atoms with Crippen LogP contribution in [0.1, 0.15) is 33.1 Å². The van der Waals surface area contributed by atoms with Crippen LogP contribution in [0.2, 0.25) is 5.02 Å². The number of carbonyl (C=O) groups is 1. The number of aryl methyl sites for hydroxylation is 3. The maximum Gasteiger partial charge on any atom is 0.263 e. The van der Waals surface area contributed by atoms with E-state index in [0.717, 1.165) is 21.5 Å². The minimum atomic E-state index is -0.164. The monoisotopic (exact) mass is 411 g/mol. The van der Waals surface area contributed by atoms with Crippen LogP contribution >= 0.6 is 22.9 Å². The summed E-state index contributed by atoms with van der Waals surface area (Å²) < 4.78 is 6.55. The SMILES string of the molecule is Cc1cc(C(=O)N(Cc2ccccn2)c2nc3c(C)c(Cl)ccc3s2)c(C)o1. The molecule has 3 aromatic heterocycles. The van der Waals surface area contributed by atoms with Crippen LogP contribution in [0.5, 0.6) is 0 Å². The van der Waals surface area contributed by atoms with Crippen LogP contribution in [0.3, 0.4) is 0 Å². The van der Waals surface area contributed by atoms with Crippen molar-refractivity contribution in [2.45, 2.75) is 27.3 Å². The average Bonchev–Trinajstić information content (AvgIpc) is 3.26. The van der Waals surface area contributed by atoms with Gasteiger partial charge in [0.1, 0.15) is 11.5 Å². The topological polar surface area (TPSA) is 59.2 Å². The van der Waals surface area contributed by atoms with Gasteiger partial charge < -0.3 is 4.42 Å². The third kappa shape index (κ3) is 3.41. The molecule has 0 fully saturated rings. The molecule has 7 heteroatoms. The van der Waals surface area contributed by atoms with E-state index in [2.05, 4.69) is 4.98 Å². The zero-order valence-corrected chi connectivity index (χ0v) is 17.3. The van der Waals surface area contributed by atoms with Crippen molar-refractivity contribution in [2.24, 2.45) is 0 Å². The van der Waals surface area contributed by atoms with Gasteiger partial charge in [0, 0.05) is 11.2 Å². The van der Waals surface area contributed by atoms with Crippen molar-refractivity contribution >= 4 is 44.2 Å². The molecule has 4 aromatic rings. The number of furan rings is 1. The predicted octanol–water partition coefficient (Wildman–Crippen LogP) is 5.71. The number of fused-ring (bicyclic) bond motifs is 1. The van der Waals surface area contributed by atoms with Gasteiger partial charge in [0.2, 0.25) is 0 Å². The van der Waals surface area contributed by atoms with Gasteiger partial charge in [0.15, 0.2) is 5.13 Å². The summed E-state index contributed by atoms with van der Waals surface area (Å²) in [5, 5.41) is 1.27. The second-order valence-corrected chi connectivity index (χ2v) is 7.97. The molecule has 0 N–H and O–H groups in total. The smallest absolute Gasteiger partial charge is 0.263 e. The summed E-state index contributed by atoms with van der Waals surface area (Å²) in [6.45, 7) is 5.87. The zero-order valence-electron chi connectivity index (χ0n) is 15.7. The summed E-state index contributed by atoms with van der Waals surface area (Å²) >= 11 is 7.71. The van der Waals surface area contributed by atoms with E-state index in [4.69, 9.17) is 21.0 Å². The van der Waals surface area contributed by atoms with Crippen LogP contribution in [0.25, 0.3) is 10.2 Å². The second-order valence-electron chi connectivity index (χ2n) is 6.55. The Hall–Kier alpha value is -2.70. The van der Waals surface area contributed by atoms with E-state index >= 15 is 0 Å². The molecule has 4 rings (SSSR count). The molecule has 5 nitrogen and oxygen atoms in total. The van der Waals surface area contributed by atoms with Crippen molar-refractivity contribution in [1.82, 2.24) is 9.97 Å². The number of hydrogen-bond donors (Lipinski definition) is 0. The molecule has 0 radical (unpaired) electrons. The Morgan fingerprint density at radius 2 is 2.04 bits per heavy atom. The highest BCUT2D eigenvalue weighted by Gasteiger charge is 2.25. The van der Waals surface area contributed by atoms with Crippen molar-refractivity contribution in [2.75, 3.05) is 4.90 Å². The molecular formula is C21H18ClN3O2S. The Kier molecular flexibility index (Phi) is 4.91. The van der Waals surface area contributed by atoms with Crippen molar-refractivity contribution in [3.8, 4) is 0 Å². The molecule has 0 unspecified atom stereocenters. The maximum absolute atomic E-state index is 13.4. The Bertz CT molecular complexity index is 1170. The average molecular weight is 412 g/mol. The fourth-order valence-corrected chi connectivity index (χ4v) is 4.25. The van der Waals surface area contributed by atoms with E-state index in [1.165, 1.54) is 11.3 Å². The molecule has 0 atom stereocenters. The van der Waals surface area contributed by atoms with Gasteiger partial charge in [0.05, 0.1) is 28.0 Å². The lowest BCUT2D eigenvalue weighted by Crippen LogP contribution is -2.30. The molecule has 0 bridgehead atoms. The van der Waals surface area contributed by atoms with Crippen LogP contribution < -0.4 is 4.90 Å². The van der Waals surface area contributed by atoms with Gasteiger partial charge in [-0.3, -0.25) is 14.7 Å². The first-order valence-corrected chi connectivity index (χ1v) is 9.98. The number of anilines is 1. The van der Waals surface area contributed by atoms with Gasteiger partial charge in [-0.15, -0.1) is 0 Å². The van der Waals surface area contributed by atoms with Crippen molar-refractivity contribution in [3.05, 3.63) is 76.0 Å². The number of pyridine rings is 1. The molecule has 0 saturated carbocycles. The quantitative estimate of drug-likeness (QED) is 0.431. The van der Waals surface area contributed by atoms with E-state index in [9.17, 15) is 4.79 Å². The van der Waals surface area contributed by atoms with Gasteiger partial charge >= 0.3 is 0 Å². The highest BCUT2D eigenvalue weighted by atomic mass is 35.5. The van der Waals surface area contributed by atoms with Gasteiger partial charge in [-0.05, 0) is 56.7 Å². The second kappa shape index (κ2) is 7.37. The number of halogens is 1. The van der Waals surface area contributed by atoms with E-state index < -0.39 is 0 Å². The predicted molar refractivity (Wildman–Crippen MR) is 112 cm³/mol. The van der Waals surface area contributed by atoms with Crippen LogP contribution in [0.15, 0.2) is 47.0 Å². The lowest BCUT2D eigenvalue weighted by atomic mass is 10.2. The number of nitrogens with zero attached hydrogens (tertiary/aromatic N) is 3. The molecule has 0 saturated heterocycles. The third-order valence-electron chi connectivity index (χ3n) is 4.53. The molecule has 1 amide bonds. The normalized spacial score (nSPS) is 11.1. The van der Waals surface area contributed by atoms with Crippen LogP contribution in [0.4, 0.5) is 5.13 Å². The minimum Gasteiger partial charge on any atom is -0.466 e. The van der Waals surface area contributed by atoms with Crippen molar-refractivity contribution < 1.29 is 9.21 Å². The third-order valence-corrected chi connectivity index (χ3v) is 5.98. The van der Waals surface area contributed by atoms with Gasteiger partial charge in [-0.25, -0.2) is 4.98 Å². The number of amides is 1. The summed E-state index contributed by atoms with van der Waals surface area (Å²) in [6.07, 6.45) is 1.72. The van der Waals surface area contributed by atoms with Crippen molar-refractivity contribution in [1.29, 1.82) is 0 Å². The van der Waals surface area contributed by atoms with Crippen LogP contribution in [0, 0.1) is 20.8 Å². The Labute approximate surface area is 171 Å². The number of thiazole rings is 1. The van der Waals surface area contributed by atoms with Gasteiger partial charge in [-0.1, -0.05) is 29.0 Å². The lowest BCUT2D eigenvalue weighted by Gasteiger charge is -2.19. The largest absolute Gasteiger partial charge is 0.466 e. The molecule has 1 aromatic carbocycles. The van der Waals surface area contributed by atoms with Gasteiger partial charge in [-0.2, -0.15) is 0 Å². The molecule has 142 valence electrons. The summed E-state index contributed by atoms with van der Waals surface area (Å²) in [5.41, 5.74) is 3.03. The molecule has 0 aliphatic carbocycles. The fourth-order valence-electron chi connectivity index (χ4n) is 3.07. The molecule has 0 spiro atoms. The summed E-state index contributed by atoms with van der Waals surface area (Å²) in [5.74, 6) is 1.13. The number of benzene rings is 1. The molecular weight excluding hydrogens is 394 g/mol.